The molecule has 1 aromatic rings. The van der Waals surface area contributed by atoms with Gasteiger partial charge < -0.3 is 10.6 Å². The van der Waals surface area contributed by atoms with Crippen molar-refractivity contribution in [2.45, 2.75) is 52.0 Å². The van der Waals surface area contributed by atoms with Crippen LogP contribution >= 0.6 is 15.9 Å². The fourth-order valence-electron chi connectivity index (χ4n) is 2.62. The maximum absolute atomic E-state index is 6.17. The summed E-state index contributed by atoms with van der Waals surface area (Å²) in [5.41, 5.74) is 8.96. The van der Waals surface area contributed by atoms with Gasteiger partial charge in [0.25, 0.3) is 0 Å². The molecule has 2 rings (SSSR count). The number of rotatable bonds is 8. The molecular weight excluding hydrogens is 312 g/mol. The minimum atomic E-state index is 0.263. The summed E-state index contributed by atoms with van der Waals surface area (Å²) in [5, 5.41) is 0. The number of nitrogens with zero attached hydrogens (tertiary/aromatic N) is 1. The van der Waals surface area contributed by atoms with Gasteiger partial charge in [-0.3, -0.25) is 0 Å². The van der Waals surface area contributed by atoms with Crippen molar-refractivity contribution in [1.29, 1.82) is 0 Å². The quantitative estimate of drug-likeness (QED) is 0.763. The van der Waals surface area contributed by atoms with Crippen LogP contribution in [0.3, 0.4) is 0 Å². The summed E-state index contributed by atoms with van der Waals surface area (Å²) in [7, 11) is 0. The molecule has 0 amide bonds. The summed E-state index contributed by atoms with van der Waals surface area (Å²) in [6, 6.07) is 6.92. The van der Waals surface area contributed by atoms with E-state index in [0.717, 1.165) is 25.3 Å². The Morgan fingerprint density at radius 2 is 2.10 bits per heavy atom. The van der Waals surface area contributed by atoms with E-state index >= 15 is 0 Å². The highest BCUT2D eigenvalue weighted by molar-refractivity contribution is 9.10. The summed E-state index contributed by atoms with van der Waals surface area (Å²) < 4.78 is 1.17. The third-order valence-electron chi connectivity index (χ3n) is 4.06. The zero-order valence-corrected chi connectivity index (χ0v) is 14.3. The monoisotopic (exact) mass is 338 g/mol. The second-order valence-corrected chi connectivity index (χ2v) is 6.95. The summed E-state index contributed by atoms with van der Waals surface area (Å²) in [6.07, 6.45) is 6.00. The van der Waals surface area contributed by atoms with Crippen molar-refractivity contribution in [2.75, 3.05) is 18.0 Å². The van der Waals surface area contributed by atoms with Crippen LogP contribution in [0.2, 0.25) is 0 Å². The number of halogens is 1. The highest BCUT2D eigenvalue weighted by Crippen LogP contribution is 2.34. The van der Waals surface area contributed by atoms with Crippen molar-refractivity contribution < 1.29 is 0 Å². The first-order valence-corrected chi connectivity index (χ1v) is 8.72. The van der Waals surface area contributed by atoms with Gasteiger partial charge in [0.1, 0.15) is 0 Å². The number of benzene rings is 1. The molecule has 1 fully saturated rings. The Labute approximate surface area is 131 Å². The molecule has 2 N–H and O–H groups in total. The van der Waals surface area contributed by atoms with Crippen LogP contribution in [-0.4, -0.2) is 19.1 Å². The number of hydrogen-bond acceptors (Lipinski definition) is 2. The number of nitrogens with two attached hydrogens (primary N) is 1. The molecule has 0 bridgehead atoms. The number of hydrogen-bond donors (Lipinski definition) is 1. The fourth-order valence-corrected chi connectivity index (χ4v) is 2.97. The smallest absolute Gasteiger partial charge is 0.0410 e. The van der Waals surface area contributed by atoms with E-state index in [2.05, 4.69) is 52.9 Å². The first kappa shape index (κ1) is 15.8. The molecule has 20 heavy (non-hydrogen) atoms. The molecule has 1 atom stereocenters. The van der Waals surface area contributed by atoms with E-state index in [4.69, 9.17) is 5.73 Å². The molecule has 1 unspecified atom stereocenters. The molecule has 0 aliphatic heterocycles. The van der Waals surface area contributed by atoms with E-state index < -0.39 is 0 Å². The molecule has 0 saturated heterocycles. The summed E-state index contributed by atoms with van der Waals surface area (Å²) in [5.74, 6) is 0.910. The van der Waals surface area contributed by atoms with E-state index in [1.807, 2.05) is 0 Å². The van der Waals surface area contributed by atoms with Gasteiger partial charge >= 0.3 is 0 Å². The maximum atomic E-state index is 6.17. The summed E-state index contributed by atoms with van der Waals surface area (Å²) in [6.45, 7) is 6.77. The highest BCUT2D eigenvalue weighted by Gasteiger charge is 2.25. The zero-order valence-electron chi connectivity index (χ0n) is 12.7. The lowest BCUT2D eigenvalue weighted by Gasteiger charge is -2.28. The van der Waals surface area contributed by atoms with Crippen LogP contribution in [0, 0.1) is 5.92 Å². The number of anilines is 1. The molecule has 3 heteroatoms. The lowest BCUT2D eigenvalue weighted by molar-refractivity contribution is 0.640. The van der Waals surface area contributed by atoms with Gasteiger partial charge in [-0.15, -0.1) is 0 Å². The van der Waals surface area contributed by atoms with Gasteiger partial charge in [-0.05, 0) is 55.7 Å². The largest absolute Gasteiger partial charge is 0.371 e. The molecule has 1 saturated carbocycles. The second kappa shape index (κ2) is 7.46. The first-order chi connectivity index (χ1) is 9.63. The molecule has 112 valence electrons. The van der Waals surface area contributed by atoms with Crippen molar-refractivity contribution in [1.82, 2.24) is 0 Å². The van der Waals surface area contributed by atoms with Crippen LogP contribution in [0.1, 0.15) is 45.1 Å². The molecular formula is C17H27BrN2. The van der Waals surface area contributed by atoms with Gasteiger partial charge in [-0.25, -0.2) is 0 Å². The second-order valence-electron chi connectivity index (χ2n) is 6.03. The predicted molar refractivity (Wildman–Crippen MR) is 91.3 cm³/mol. The van der Waals surface area contributed by atoms with Crippen molar-refractivity contribution in [3.05, 3.63) is 28.2 Å². The van der Waals surface area contributed by atoms with Crippen LogP contribution in [0.5, 0.6) is 0 Å². The van der Waals surface area contributed by atoms with Gasteiger partial charge in [-0.1, -0.05) is 35.8 Å². The third kappa shape index (κ3) is 4.49. The van der Waals surface area contributed by atoms with Crippen LogP contribution in [-0.2, 0) is 6.42 Å². The van der Waals surface area contributed by atoms with Crippen LogP contribution in [0.4, 0.5) is 5.69 Å². The molecule has 1 aliphatic carbocycles. The van der Waals surface area contributed by atoms with Gasteiger partial charge in [0.2, 0.25) is 0 Å². The molecule has 0 spiro atoms. The van der Waals surface area contributed by atoms with Crippen LogP contribution in [0.25, 0.3) is 0 Å². The summed E-state index contributed by atoms with van der Waals surface area (Å²) in [4.78, 5) is 2.57. The topological polar surface area (TPSA) is 29.3 Å². The van der Waals surface area contributed by atoms with Gasteiger partial charge in [0.15, 0.2) is 0 Å². The average Bonchev–Trinajstić information content (AvgIpc) is 3.24. The molecule has 0 aromatic heterocycles. The highest BCUT2D eigenvalue weighted by atomic mass is 79.9. The Hall–Kier alpha value is -0.540. The van der Waals surface area contributed by atoms with E-state index in [0.29, 0.717) is 0 Å². The molecule has 2 nitrogen and oxygen atoms in total. The standard InChI is InChI=1S/C17H27BrN2/c1-3-9-20(12-13-5-6-13)17-11-15(18)8-7-14(17)10-16(19)4-2/h7-8,11,13,16H,3-6,9-10,12,19H2,1-2H3. The summed E-state index contributed by atoms with van der Waals surface area (Å²) >= 11 is 3.62. The normalized spacial score (nSPS) is 16.2. The van der Waals surface area contributed by atoms with Gasteiger partial charge in [0.05, 0.1) is 0 Å². The Bertz CT molecular complexity index is 429. The third-order valence-corrected chi connectivity index (χ3v) is 4.56. The Morgan fingerprint density at radius 1 is 1.35 bits per heavy atom. The Balaban J connectivity index is 2.22. The van der Waals surface area contributed by atoms with Crippen LogP contribution in [0.15, 0.2) is 22.7 Å². The van der Waals surface area contributed by atoms with Crippen molar-refractivity contribution in [2.24, 2.45) is 11.7 Å². The first-order valence-electron chi connectivity index (χ1n) is 7.93. The van der Waals surface area contributed by atoms with E-state index in [1.54, 1.807) is 0 Å². The minimum Gasteiger partial charge on any atom is -0.371 e. The molecule has 0 radical (unpaired) electrons. The van der Waals surface area contributed by atoms with E-state index in [1.165, 1.54) is 41.5 Å². The van der Waals surface area contributed by atoms with E-state index in [-0.39, 0.29) is 6.04 Å². The van der Waals surface area contributed by atoms with Crippen LogP contribution < -0.4 is 10.6 Å². The van der Waals surface area contributed by atoms with Gasteiger partial charge in [0, 0.05) is 29.3 Å². The average molecular weight is 339 g/mol. The SMILES string of the molecule is CCCN(CC1CC1)c1cc(Br)ccc1CC(N)CC. The molecule has 0 heterocycles. The lowest BCUT2D eigenvalue weighted by atomic mass is 10.0. The Morgan fingerprint density at radius 3 is 2.70 bits per heavy atom. The zero-order chi connectivity index (χ0) is 14.5. The van der Waals surface area contributed by atoms with Crippen molar-refractivity contribution >= 4 is 21.6 Å². The predicted octanol–water partition coefficient (Wildman–Crippen LogP) is 4.36. The lowest BCUT2D eigenvalue weighted by Crippen LogP contribution is -2.29. The molecule has 1 aliphatic rings. The Kier molecular flexibility index (Phi) is 5.91. The fraction of sp³-hybridized carbons (Fsp3) is 0.647. The minimum absolute atomic E-state index is 0.263. The van der Waals surface area contributed by atoms with E-state index in [9.17, 15) is 0 Å². The van der Waals surface area contributed by atoms with Crippen molar-refractivity contribution in [3.8, 4) is 0 Å². The maximum Gasteiger partial charge on any atom is 0.0410 e. The molecule has 1 aromatic carbocycles. The van der Waals surface area contributed by atoms with Crippen molar-refractivity contribution in [3.63, 3.8) is 0 Å². The van der Waals surface area contributed by atoms with Gasteiger partial charge in [-0.2, -0.15) is 0 Å².